The lowest BCUT2D eigenvalue weighted by Gasteiger charge is -2.24. The second-order valence-corrected chi connectivity index (χ2v) is 5.69. The van der Waals surface area contributed by atoms with Gasteiger partial charge in [0, 0.05) is 50.8 Å². The molecule has 0 atom stereocenters. The van der Waals surface area contributed by atoms with E-state index in [1.54, 1.807) is 24.7 Å². The molecule has 0 amide bonds. The Labute approximate surface area is 141 Å². The number of pyridine rings is 1. The Balaban J connectivity index is 1.71. The fourth-order valence-electron chi connectivity index (χ4n) is 2.70. The van der Waals surface area contributed by atoms with Crippen LogP contribution in [0, 0.1) is 0 Å². The third-order valence-corrected chi connectivity index (χ3v) is 4.07. The number of hydrogen-bond acceptors (Lipinski definition) is 6. The van der Waals surface area contributed by atoms with Crippen molar-refractivity contribution in [1.82, 2.24) is 15.0 Å². The number of anilines is 2. The van der Waals surface area contributed by atoms with Crippen molar-refractivity contribution in [1.29, 1.82) is 0 Å². The number of halogens is 1. The van der Waals surface area contributed by atoms with Gasteiger partial charge in [0.1, 0.15) is 0 Å². The molecule has 0 saturated carbocycles. The highest BCUT2D eigenvalue weighted by Gasteiger charge is 2.19. The predicted molar refractivity (Wildman–Crippen MR) is 91.5 cm³/mol. The van der Waals surface area contributed by atoms with Crippen molar-refractivity contribution in [3.8, 4) is 5.88 Å². The third kappa shape index (κ3) is 3.82. The highest BCUT2D eigenvalue weighted by Crippen LogP contribution is 2.25. The summed E-state index contributed by atoms with van der Waals surface area (Å²) in [6.07, 6.45) is 6.23. The maximum Gasteiger partial charge on any atom is 0.228 e. The standard InChI is InChI=1S/C16H20ClN5O/c1-2-23-15-5-7-19-16(20-15)22-9-3-8-21(10-11-22)14-4-6-18-12-13(14)17/h4-7,12H,2-3,8-11H2,1H3. The van der Waals surface area contributed by atoms with Gasteiger partial charge in [-0.15, -0.1) is 0 Å². The largest absolute Gasteiger partial charge is 0.478 e. The normalized spacial score (nSPS) is 15.4. The van der Waals surface area contributed by atoms with Crippen LogP contribution in [0.3, 0.4) is 0 Å². The minimum absolute atomic E-state index is 0.602. The smallest absolute Gasteiger partial charge is 0.228 e. The van der Waals surface area contributed by atoms with Gasteiger partial charge in [0.05, 0.1) is 17.3 Å². The lowest BCUT2D eigenvalue weighted by Crippen LogP contribution is -2.31. The van der Waals surface area contributed by atoms with E-state index < -0.39 is 0 Å². The van der Waals surface area contributed by atoms with Crippen molar-refractivity contribution >= 4 is 23.2 Å². The molecule has 2 aromatic heterocycles. The van der Waals surface area contributed by atoms with Crippen molar-refractivity contribution < 1.29 is 4.74 Å². The molecule has 0 unspecified atom stereocenters. The maximum atomic E-state index is 6.26. The van der Waals surface area contributed by atoms with E-state index in [1.165, 1.54) is 0 Å². The number of aromatic nitrogens is 3. The van der Waals surface area contributed by atoms with Crippen molar-refractivity contribution in [3.63, 3.8) is 0 Å². The predicted octanol–water partition coefficient (Wildman–Crippen LogP) is 2.64. The van der Waals surface area contributed by atoms with Gasteiger partial charge in [-0.3, -0.25) is 4.98 Å². The molecule has 0 aliphatic carbocycles. The van der Waals surface area contributed by atoms with Crippen LogP contribution in [-0.4, -0.2) is 47.7 Å². The highest BCUT2D eigenvalue weighted by molar-refractivity contribution is 6.33. The monoisotopic (exact) mass is 333 g/mol. The summed E-state index contributed by atoms with van der Waals surface area (Å²) in [6.45, 7) is 6.12. The van der Waals surface area contributed by atoms with Crippen LogP contribution in [0.15, 0.2) is 30.7 Å². The summed E-state index contributed by atoms with van der Waals surface area (Å²) in [4.78, 5) is 17.4. The molecule has 23 heavy (non-hydrogen) atoms. The fourth-order valence-corrected chi connectivity index (χ4v) is 2.93. The Kier molecular flexibility index (Phi) is 5.12. The Bertz CT molecular complexity index is 654. The summed E-state index contributed by atoms with van der Waals surface area (Å²) in [5.74, 6) is 1.34. The molecule has 0 bridgehead atoms. The Morgan fingerprint density at radius 3 is 2.78 bits per heavy atom. The molecule has 1 fully saturated rings. The van der Waals surface area contributed by atoms with Crippen LogP contribution in [0.5, 0.6) is 5.88 Å². The lowest BCUT2D eigenvalue weighted by molar-refractivity contribution is 0.326. The van der Waals surface area contributed by atoms with Crippen LogP contribution >= 0.6 is 11.6 Å². The molecule has 3 rings (SSSR count). The first-order chi connectivity index (χ1) is 11.3. The molecule has 2 aromatic rings. The second-order valence-electron chi connectivity index (χ2n) is 5.28. The summed E-state index contributed by atoms with van der Waals surface area (Å²) in [5, 5.41) is 0.690. The lowest BCUT2D eigenvalue weighted by atomic mass is 10.3. The van der Waals surface area contributed by atoms with Crippen molar-refractivity contribution in [3.05, 3.63) is 35.7 Å². The molecule has 1 saturated heterocycles. The summed E-state index contributed by atoms with van der Waals surface area (Å²) < 4.78 is 5.46. The van der Waals surface area contributed by atoms with E-state index in [1.807, 2.05) is 13.0 Å². The topological polar surface area (TPSA) is 54.4 Å². The number of nitrogens with zero attached hydrogens (tertiary/aromatic N) is 5. The first kappa shape index (κ1) is 15.8. The SMILES string of the molecule is CCOc1ccnc(N2CCCN(c3ccncc3Cl)CC2)n1. The summed E-state index contributed by atoms with van der Waals surface area (Å²) >= 11 is 6.26. The average molecular weight is 334 g/mol. The van der Waals surface area contributed by atoms with Crippen LogP contribution < -0.4 is 14.5 Å². The highest BCUT2D eigenvalue weighted by atomic mass is 35.5. The van der Waals surface area contributed by atoms with E-state index >= 15 is 0 Å². The molecule has 0 aromatic carbocycles. The summed E-state index contributed by atoms with van der Waals surface area (Å²) in [5.41, 5.74) is 1.03. The maximum absolute atomic E-state index is 6.26. The van der Waals surface area contributed by atoms with Gasteiger partial charge >= 0.3 is 0 Å². The zero-order valence-electron chi connectivity index (χ0n) is 13.2. The number of rotatable bonds is 4. The summed E-state index contributed by atoms with van der Waals surface area (Å²) in [6, 6.07) is 3.75. The van der Waals surface area contributed by atoms with Crippen molar-refractivity contribution in [2.75, 3.05) is 42.6 Å². The van der Waals surface area contributed by atoms with E-state index in [0.717, 1.165) is 44.2 Å². The van der Waals surface area contributed by atoms with E-state index in [0.29, 0.717) is 17.5 Å². The van der Waals surface area contributed by atoms with Crippen LogP contribution in [0.25, 0.3) is 0 Å². The zero-order chi connectivity index (χ0) is 16.1. The van der Waals surface area contributed by atoms with Gasteiger partial charge in [0.15, 0.2) is 0 Å². The molecule has 1 aliphatic rings. The van der Waals surface area contributed by atoms with Gasteiger partial charge < -0.3 is 14.5 Å². The van der Waals surface area contributed by atoms with Crippen LogP contribution in [0.4, 0.5) is 11.6 Å². The van der Waals surface area contributed by atoms with Gasteiger partial charge in [-0.2, -0.15) is 4.98 Å². The average Bonchev–Trinajstić information content (AvgIpc) is 2.82. The first-order valence-electron chi connectivity index (χ1n) is 7.83. The van der Waals surface area contributed by atoms with Crippen molar-refractivity contribution in [2.45, 2.75) is 13.3 Å². The van der Waals surface area contributed by atoms with Gasteiger partial charge in [-0.25, -0.2) is 4.98 Å². The van der Waals surface area contributed by atoms with Gasteiger partial charge in [-0.05, 0) is 19.4 Å². The van der Waals surface area contributed by atoms with E-state index in [2.05, 4.69) is 24.8 Å². The minimum Gasteiger partial charge on any atom is -0.478 e. The molecule has 7 heteroatoms. The molecular formula is C16H20ClN5O. The molecule has 0 spiro atoms. The van der Waals surface area contributed by atoms with Crippen molar-refractivity contribution in [2.24, 2.45) is 0 Å². The van der Waals surface area contributed by atoms with Gasteiger partial charge in [-0.1, -0.05) is 11.6 Å². The van der Waals surface area contributed by atoms with E-state index in [4.69, 9.17) is 16.3 Å². The van der Waals surface area contributed by atoms with Crippen LogP contribution in [0.2, 0.25) is 5.02 Å². The molecule has 3 heterocycles. The zero-order valence-corrected chi connectivity index (χ0v) is 13.9. The van der Waals surface area contributed by atoms with E-state index in [-0.39, 0.29) is 0 Å². The Morgan fingerprint density at radius 2 is 1.96 bits per heavy atom. The minimum atomic E-state index is 0.602. The molecule has 0 radical (unpaired) electrons. The van der Waals surface area contributed by atoms with Crippen LogP contribution in [-0.2, 0) is 0 Å². The van der Waals surface area contributed by atoms with E-state index in [9.17, 15) is 0 Å². The first-order valence-corrected chi connectivity index (χ1v) is 8.21. The Hall–Kier alpha value is -2.08. The molecular weight excluding hydrogens is 314 g/mol. The number of hydrogen-bond donors (Lipinski definition) is 0. The van der Waals surface area contributed by atoms with Crippen LogP contribution in [0.1, 0.15) is 13.3 Å². The summed E-state index contributed by atoms with van der Waals surface area (Å²) in [7, 11) is 0. The quantitative estimate of drug-likeness (QED) is 0.857. The molecule has 6 nitrogen and oxygen atoms in total. The number of ether oxygens (including phenoxy) is 1. The fraction of sp³-hybridized carbons (Fsp3) is 0.438. The Morgan fingerprint density at radius 1 is 1.13 bits per heavy atom. The van der Waals surface area contributed by atoms with Gasteiger partial charge in [0.2, 0.25) is 11.8 Å². The third-order valence-electron chi connectivity index (χ3n) is 3.78. The second kappa shape index (κ2) is 7.46. The molecule has 1 aliphatic heterocycles. The molecule has 122 valence electrons. The van der Waals surface area contributed by atoms with Gasteiger partial charge in [0.25, 0.3) is 0 Å². The molecule has 0 N–H and O–H groups in total.